The molecule has 1 saturated heterocycles. The van der Waals surface area contributed by atoms with E-state index in [0.29, 0.717) is 12.0 Å². The minimum absolute atomic E-state index is 0.592. The maximum atomic E-state index is 11.5. The fourth-order valence-corrected chi connectivity index (χ4v) is 4.98. The van der Waals surface area contributed by atoms with Crippen molar-refractivity contribution in [2.24, 2.45) is 0 Å². The van der Waals surface area contributed by atoms with E-state index >= 15 is 0 Å². The van der Waals surface area contributed by atoms with Crippen molar-refractivity contribution in [2.75, 3.05) is 24.5 Å². The van der Waals surface area contributed by atoms with Gasteiger partial charge < -0.3 is 10.2 Å². The van der Waals surface area contributed by atoms with E-state index < -0.39 is 0 Å². The Balaban J connectivity index is 1.70. The Morgan fingerprint density at radius 1 is 1.21 bits per heavy atom. The van der Waals surface area contributed by atoms with Crippen LogP contribution >= 0.6 is 0 Å². The number of aldehydes is 1. The lowest BCUT2D eigenvalue weighted by Gasteiger charge is -2.36. The molecule has 3 heteroatoms. The molecule has 3 heterocycles. The number of aryl methyl sites for hydroxylation is 1. The molecule has 2 atom stereocenters. The molecule has 0 radical (unpaired) electrons. The summed E-state index contributed by atoms with van der Waals surface area (Å²) in [6.45, 7) is 3.40. The molecule has 0 spiro atoms. The second kappa shape index (κ2) is 5.45. The Hall–Kier alpha value is -2.13. The first-order chi connectivity index (χ1) is 11.9. The maximum Gasteiger partial charge on any atom is 0.150 e. The second-order valence-corrected chi connectivity index (χ2v) is 7.24. The lowest BCUT2D eigenvalue weighted by Crippen LogP contribution is -2.45. The summed E-state index contributed by atoms with van der Waals surface area (Å²) in [6, 6.07) is 13.3. The highest BCUT2D eigenvalue weighted by molar-refractivity contribution is 5.89. The van der Waals surface area contributed by atoms with Crippen LogP contribution in [0.15, 0.2) is 36.4 Å². The number of piperidine rings is 1. The Morgan fingerprint density at radius 2 is 2.12 bits per heavy atom. The molecule has 0 amide bonds. The van der Waals surface area contributed by atoms with Gasteiger partial charge in [0.1, 0.15) is 0 Å². The first-order valence-electron chi connectivity index (χ1n) is 9.05. The van der Waals surface area contributed by atoms with E-state index in [0.717, 1.165) is 36.9 Å². The van der Waals surface area contributed by atoms with Crippen molar-refractivity contribution in [1.29, 1.82) is 0 Å². The third-order valence-electron chi connectivity index (χ3n) is 5.99. The largest absolute Gasteiger partial charge is 0.367 e. The molecule has 3 aliphatic rings. The van der Waals surface area contributed by atoms with Gasteiger partial charge in [-0.2, -0.15) is 0 Å². The molecule has 5 rings (SSSR count). The molecule has 3 aliphatic heterocycles. The molecule has 0 unspecified atom stereocenters. The van der Waals surface area contributed by atoms with Crippen molar-refractivity contribution in [2.45, 2.75) is 31.2 Å². The zero-order chi connectivity index (χ0) is 16.1. The average Bonchev–Trinajstić information content (AvgIpc) is 2.98. The fraction of sp³-hybridized carbons (Fsp3) is 0.381. The van der Waals surface area contributed by atoms with Gasteiger partial charge in [-0.25, -0.2) is 0 Å². The van der Waals surface area contributed by atoms with Crippen molar-refractivity contribution in [3.05, 3.63) is 53.1 Å². The van der Waals surface area contributed by atoms with E-state index in [1.165, 1.54) is 41.8 Å². The highest BCUT2D eigenvalue weighted by Gasteiger charge is 2.42. The number of hydrogen-bond acceptors (Lipinski definition) is 3. The lowest BCUT2D eigenvalue weighted by molar-refractivity contribution is 0.112. The van der Waals surface area contributed by atoms with Gasteiger partial charge in [0.25, 0.3) is 0 Å². The van der Waals surface area contributed by atoms with Crippen LogP contribution in [0.4, 0.5) is 5.69 Å². The zero-order valence-electron chi connectivity index (χ0n) is 13.8. The van der Waals surface area contributed by atoms with Gasteiger partial charge in [-0.1, -0.05) is 24.3 Å². The van der Waals surface area contributed by atoms with Crippen LogP contribution in [0, 0.1) is 0 Å². The van der Waals surface area contributed by atoms with E-state index in [1.54, 1.807) is 0 Å². The van der Waals surface area contributed by atoms with E-state index in [2.05, 4.69) is 28.4 Å². The second-order valence-electron chi connectivity index (χ2n) is 7.24. The fourth-order valence-electron chi connectivity index (χ4n) is 4.98. The Morgan fingerprint density at radius 3 is 3.04 bits per heavy atom. The number of carbonyl (C=O) groups excluding carboxylic acids is 1. The van der Waals surface area contributed by atoms with Gasteiger partial charge in [0, 0.05) is 36.3 Å². The van der Waals surface area contributed by atoms with Crippen LogP contribution in [0.25, 0.3) is 11.1 Å². The molecule has 1 fully saturated rings. The normalized spacial score (nSPS) is 24.4. The molecule has 24 heavy (non-hydrogen) atoms. The van der Waals surface area contributed by atoms with Crippen LogP contribution in [0.3, 0.4) is 0 Å². The topological polar surface area (TPSA) is 32.3 Å². The average molecular weight is 318 g/mol. The van der Waals surface area contributed by atoms with Crippen LogP contribution in [-0.2, 0) is 6.42 Å². The van der Waals surface area contributed by atoms with Crippen molar-refractivity contribution in [3.8, 4) is 11.1 Å². The van der Waals surface area contributed by atoms with Crippen LogP contribution < -0.4 is 10.2 Å². The summed E-state index contributed by atoms with van der Waals surface area (Å²) in [5, 5.41) is 3.58. The summed E-state index contributed by atoms with van der Waals surface area (Å²) < 4.78 is 0. The van der Waals surface area contributed by atoms with Gasteiger partial charge in [-0.3, -0.25) is 4.79 Å². The maximum absolute atomic E-state index is 11.5. The first-order valence-corrected chi connectivity index (χ1v) is 9.05. The summed E-state index contributed by atoms with van der Waals surface area (Å²) in [4.78, 5) is 14.1. The molecule has 2 aromatic carbocycles. The number of hydrogen-bond donors (Lipinski definition) is 1. The number of nitrogens with one attached hydrogen (secondary N) is 1. The van der Waals surface area contributed by atoms with Crippen molar-refractivity contribution < 1.29 is 4.79 Å². The van der Waals surface area contributed by atoms with Crippen LogP contribution in [0.2, 0.25) is 0 Å². The highest BCUT2D eigenvalue weighted by Crippen LogP contribution is 2.49. The SMILES string of the molecule is O=Cc1ccccc1-c1cc2c3c(c1)[C@@H]1CNCC[C@@H]1N3CCC2. The lowest BCUT2D eigenvalue weighted by atomic mass is 9.87. The summed E-state index contributed by atoms with van der Waals surface area (Å²) in [5.74, 6) is 0.592. The summed E-state index contributed by atoms with van der Waals surface area (Å²) in [6.07, 6.45) is 4.61. The molecule has 0 aromatic heterocycles. The molecule has 122 valence electrons. The summed E-state index contributed by atoms with van der Waals surface area (Å²) in [5.41, 5.74) is 7.54. The molecule has 0 saturated carbocycles. The molecule has 1 N–H and O–H groups in total. The quantitative estimate of drug-likeness (QED) is 0.862. The number of carbonyl (C=O) groups is 1. The highest BCUT2D eigenvalue weighted by atomic mass is 16.1. The summed E-state index contributed by atoms with van der Waals surface area (Å²) >= 11 is 0. The van der Waals surface area contributed by atoms with Crippen LogP contribution in [0.1, 0.15) is 40.2 Å². The minimum Gasteiger partial charge on any atom is -0.367 e. The van der Waals surface area contributed by atoms with Gasteiger partial charge >= 0.3 is 0 Å². The Labute approximate surface area is 142 Å². The van der Waals surface area contributed by atoms with E-state index in [4.69, 9.17) is 0 Å². The van der Waals surface area contributed by atoms with Crippen molar-refractivity contribution in [1.82, 2.24) is 5.32 Å². The van der Waals surface area contributed by atoms with Gasteiger partial charge in [-0.05, 0) is 60.2 Å². The van der Waals surface area contributed by atoms with Gasteiger partial charge in [0.15, 0.2) is 6.29 Å². The van der Waals surface area contributed by atoms with Gasteiger partial charge in [0.2, 0.25) is 0 Å². The van der Waals surface area contributed by atoms with E-state index in [1.807, 2.05) is 18.2 Å². The summed E-state index contributed by atoms with van der Waals surface area (Å²) in [7, 11) is 0. The molecule has 0 bridgehead atoms. The standard InChI is InChI=1S/C21H22N2O/c24-13-15-4-1-2-6-17(15)16-10-14-5-3-9-23-20-7-8-22-12-19(20)18(11-16)21(14)23/h1-2,4,6,10-11,13,19-20,22H,3,5,7-9,12H2/t19-,20-/m0/s1. The Kier molecular flexibility index (Phi) is 3.23. The van der Waals surface area contributed by atoms with Crippen LogP contribution in [0.5, 0.6) is 0 Å². The smallest absolute Gasteiger partial charge is 0.150 e. The third kappa shape index (κ3) is 1.97. The number of nitrogens with zero attached hydrogens (tertiary/aromatic N) is 1. The van der Waals surface area contributed by atoms with Crippen molar-refractivity contribution >= 4 is 12.0 Å². The number of benzene rings is 2. The number of fused-ring (bicyclic) bond motifs is 3. The predicted octanol–water partition coefficient (Wildman–Crippen LogP) is 3.38. The molecule has 3 nitrogen and oxygen atoms in total. The van der Waals surface area contributed by atoms with E-state index in [9.17, 15) is 4.79 Å². The number of anilines is 1. The molecule has 0 aliphatic carbocycles. The zero-order valence-corrected chi connectivity index (χ0v) is 13.8. The minimum atomic E-state index is 0.592. The third-order valence-corrected chi connectivity index (χ3v) is 5.99. The monoisotopic (exact) mass is 318 g/mol. The molecular formula is C21H22N2O. The molecule has 2 aromatic rings. The Bertz CT molecular complexity index is 813. The predicted molar refractivity (Wildman–Crippen MR) is 96.9 cm³/mol. The van der Waals surface area contributed by atoms with Crippen molar-refractivity contribution in [3.63, 3.8) is 0 Å². The van der Waals surface area contributed by atoms with Gasteiger partial charge in [-0.15, -0.1) is 0 Å². The van der Waals surface area contributed by atoms with E-state index in [-0.39, 0.29) is 0 Å². The number of rotatable bonds is 2. The van der Waals surface area contributed by atoms with Gasteiger partial charge in [0.05, 0.1) is 0 Å². The molecular weight excluding hydrogens is 296 g/mol. The first kappa shape index (κ1) is 14.2. The van der Waals surface area contributed by atoms with Crippen LogP contribution in [-0.4, -0.2) is 32.0 Å².